The Labute approximate surface area is 151 Å². The van der Waals surface area contributed by atoms with Gasteiger partial charge in [0.25, 0.3) is 11.6 Å². The standard InChI is InChI=1S/C19H20N2O5/c1-12-8-9-15(10-13(12)2)11-18(22)26-14(3)19(23)20-16-6-4-5-7-17(16)21(24)25/h4-10,14H,11H2,1-3H3,(H,20,23)/t14-/m0/s1. The van der Waals surface area contributed by atoms with Crippen molar-refractivity contribution in [1.82, 2.24) is 0 Å². The number of hydrogen-bond acceptors (Lipinski definition) is 5. The summed E-state index contributed by atoms with van der Waals surface area (Å²) < 4.78 is 5.14. The molecule has 136 valence electrons. The van der Waals surface area contributed by atoms with Crippen molar-refractivity contribution in [2.75, 3.05) is 5.32 Å². The lowest BCUT2D eigenvalue weighted by Crippen LogP contribution is -2.30. The first-order valence-electron chi connectivity index (χ1n) is 8.08. The molecule has 7 heteroatoms. The van der Waals surface area contributed by atoms with E-state index in [1.54, 1.807) is 6.07 Å². The summed E-state index contributed by atoms with van der Waals surface area (Å²) in [4.78, 5) is 34.6. The number of esters is 1. The third-order valence-electron chi connectivity index (χ3n) is 3.96. The molecule has 1 atom stereocenters. The molecule has 2 rings (SSSR count). The minimum atomic E-state index is -1.08. The predicted octanol–water partition coefficient (Wildman–Crippen LogP) is 3.32. The van der Waals surface area contributed by atoms with Crippen LogP contribution in [0.5, 0.6) is 0 Å². The highest BCUT2D eigenvalue weighted by Gasteiger charge is 2.21. The lowest BCUT2D eigenvalue weighted by molar-refractivity contribution is -0.383. The van der Waals surface area contributed by atoms with Crippen LogP contribution >= 0.6 is 0 Å². The summed E-state index contributed by atoms with van der Waals surface area (Å²) >= 11 is 0. The smallest absolute Gasteiger partial charge is 0.311 e. The van der Waals surface area contributed by atoms with Crippen LogP contribution in [0.3, 0.4) is 0 Å². The molecule has 0 fully saturated rings. The summed E-state index contributed by atoms with van der Waals surface area (Å²) in [6, 6.07) is 11.4. The van der Waals surface area contributed by atoms with Crippen LogP contribution in [0.1, 0.15) is 23.6 Å². The number of nitro groups is 1. The number of ether oxygens (including phenoxy) is 1. The van der Waals surface area contributed by atoms with Crippen LogP contribution in [0, 0.1) is 24.0 Å². The third-order valence-corrected chi connectivity index (χ3v) is 3.96. The lowest BCUT2D eigenvalue weighted by atomic mass is 10.0. The maximum Gasteiger partial charge on any atom is 0.311 e. The van der Waals surface area contributed by atoms with E-state index in [4.69, 9.17) is 4.74 Å². The van der Waals surface area contributed by atoms with Gasteiger partial charge in [0, 0.05) is 6.07 Å². The van der Waals surface area contributed by atoms with E-state index in [2.05, 4.69) is 5.32 Å². The Bertz CT molecular complexity index is 848. The number of rotatable bonds is 6. The van der Waals surface area contributed by atoms with Crippen LogP contribution in [0.2, 0.25) is 0 Å². The van der Waals surface area contributed by atoms with Gasteiger partial charge in [0.15, 0.2) is 6.10 Å². The molecular formula is C19H20N2O5. The summed E-state index contributed by atoms with van der Waals surface area (Å²) in [7, 11) is 0. The van der Waals surface area contributed by atoms with Gasteiger partial charge in [0.2, 0.25) is 0 Å². The zero-order chi connectivity index (χ0) is 19.3. The number of benzene rings is 2. The first-order chi connectivity index (χ1) is 12.3. The topological polar surface area (TPSA) is 98.5 Å². The second-order valence-electron chi connectivity index (χ2n) is 5.99. The molecule has 0 radical (unpaired) electrons. The number of hydrogen-bond donors (Lipinski definition) is 1. The molecule has 0 saturated heterocycles. The van der Waals surface area contributed by atoms with Crippen molar-refractivity contribution >= 4 is 23.3 Å². The van der Waals surface area contributed by atoms with E-state index in [0.29, 0.717) is 0 Å². The first-order valence-corrected chi connectivity index (χ1v) is 8.08. The maximum atomic E-state index is 12.2. The molecule has 0 aromatic heterocycles. The molecule has 1 amide bonds. The zero-order valence-electron chi connectivity index (χ0n) is 14.8. The van der Waals surface area contributed by atoms with Gasteiger partial charge in [-0.2, -0.15) is 0 Å². The van der Waals surface area contributed by atoms with Gasteiger partial charge >= 0.3 is 5.97 Å². The Kier molecular flexibility index (Phi) is 6.06. The maximum absolute atomic E-state index is 12.2. The fourth-order valence-electron chi connectivity index (χ4n) is 2.35. The van der Waals surface area contributed by atoms with E-state index in [1.165, 1.54) is 25.1 Å². The van der Waals surface area contributed by atoms with Crippen LogP contribution < -0.4 is 5.32 Å². The average Bonchev–Trinajstić information content (AvgIpc) is 2.58. The van der Waals surface area contributed by atoms with Crippen LogP contribution in [-0.2, 0) is 20.7 Å². The lowest BCUT2D eigenvalue weighted by Gasteiger charge is -2.14. The van der Waals surface area contributed by atoms with Gasteiger partial charge < -0.3 is 10.1 Å². The number of nitrogens with zero attached hydrogens (tertiary/aromatic N) is 1. The molecule has 2 aromatic carbocycles. The Balaban J connectivity index is 1.97. The summed E-state index contributed by atoms with van der Waals surface area (Å²) in [6.45, 7) is 5.35. The van der Waals surface area contributed by atoms with Crippen molar-refractivity contribution in [2.45, 2.75) is 33.3 Å². The van der Waals surface area contributed by atoms with Crippen molar-refractivity contribution in [3.8, 4) is 0 Å². The number of aryl methyl sites for hydroxylation is 2. The van der Waals surface area contributed by atoms with Gasteiger partial charge in [0.05, 0.1) is 11.3 Å². The van der Waals surface area contributed by atoms with Crippen molar-refractivity contribution in [3.63, 3.8) is 0 Å². The number of amides is 1. The highest BCUT2D eigenvalue weighted by molar-refractivity contribution is 5.96. The molecule has 26 heavy (non-hydrogen) atoms. The zero-order valence-corrected chi connectivity index (χ0v) is 14.8. The van der Waals surface area contributed by atoms with Crippen molar-refractivity contribution in [3.05, 3.63) is 69.3 Å². The van der Waals surface area contributed by atoms with Gasteiger partial charge in [-0.1, -0.05) is 30.3 Å². The van der Waals surface area contributed by atoms with Crippen LogP contribution in [-0.4, -0.2) is 22.9 Å². The Morgan fingerprint density at radius 1 is 1.15 bits per heavy atom. The van der Waals surface area contributed by atoms with Gasteiger partial charge in [-0.05, 0) is 43.5 Å². The van der Waals surface area contributed by atoms with E-state index in [-0.39, 0.29) is 17.8 Å². The van der Waals surface area contributed by atoms with E-state index in [1.807, 2.05) is 32.0 Å². The summed E-state index contributed by atoms with van der Waals surface area (Å²) in [5, 5.41) is 13.4. The molecule has 0 heterocycles. The van der Waals surface area contributed by atoms with Gasteiger partial charge in [-0.25, -0.2) is 0 Å². The average molecular weight is 356 g/mol. The second kappa shape index (κ2) is 8.24. The number of anilines is 1. The number of carbonyl (C=O) groups is 2. The SMILES string of the molecule is Cc1ccc(CC(=O)O[C@@H](C)C(=O)Nc2ccccc2[N+](=O)[O-])cc1C. The molecule has 7 nitrogen and oxygen atoms in total. The first kappa shape index (κ1) is 19.1. The van der Waals surface area contributed by atoms with E-state index in [0.717, 1.165) is 16.7 Å². The molecule has 0 unspecified atom stereocenters. The molecule has 0 spiro atoms. The molecule has 1 N–H and O–H groups in total. The summed E-state index contributed by atoms with van der Waals surface area (Å²) in [5.41, 5.74) is 2.82. The Hall–Kier alpha value is -3.22. The van der Waals surface area contributed by atoms with Gasteiger partial charge in [-0.3, -0.25) is 19.7 Å². The van der Waals surface area contributed by atoms with Crippen molar-refractivity contribution in [1.29, 1.82) is 0 Å². The Morgan fingerprint density at radius 3 is 2.50 bits per heavy atom. The highest BCUT2D eigenvalue weighted by Crippen LogP contribution is 2.23. The molecular weight excluding hydrogens is 336 g/mol. The fraction of sp³-hybridized carbons (Fsp3) is 0.263. The van der Waals surface area contributed by atoms with Crippen molar-refractivity contribution < 1.29 is 19.2 Å². The van der Waals surface area contributed by atoms with E-state index >= 15 is 0 Å². The minimum absolute atomic E-state index is 0.0459. The molecule has 0 aliphatic heterocycles. The van der Waals surface area contributed by atoms with E-state index in [9.17, 15) is 19.7 Å². The monoisotopic (exact) mass is 356 g/mol. The molecule has 0 aliphatic rings. The van der Waals surface area contributed by atoms with Crippen LogP contribution in [0.15, 0.2) is 42.5 Å². The largest absolute Gasteiger partial charge is 0.452 e. The highest BCUT2D eigenvalue weighted by atomic mass is 16.6. The number of nitro benzene ring substituents is 1. The predicted molar refractivity (Wildman–Crippen MR) is 96.9 cm³/mol. The number of para-hydroxylation sites is 2. The van der Waals surface area contributed by atoms with E-state index < -0.39 is 22.9 Å². The second-order valence-corrected chi connectivity index (χ2v) is 5.99. The Morgan fingerprint density at radius 2 is 1.85 bits per heavy atom. The van der Waals surface area contributed by atoms with Gasteiger partial charge in [0.1, 0.15) is 5.69 Å². The number of nitrogens with one attached hydrogen (secondary N) is 1. The third kappa shape index (κ3) is 4.89. The molecule has 2 aromatic rings. The molecule has 0 aliphatic carbocycles. The summed E-state index contributed by atoms with van der Waals surface area (Å²) in [6.07, 6.45) is -1.03. The number of carbonyl (C=O) groups excluding carboxylic acids is 2. The summed E-state index contributed by atoms with van der Waals surface area (Å²) in [5.74, 6) is -1.17. The quantitative estimate of drug-likeness (QED) is 0.486. The molecule has 0 saturated carbocycles. The van der Waals surface area contributed by atoms with Gasteiger partial charge in [-0.15, -0.1) is 0 Å². The normalized spacial score (nSPS) is 11.5. The van der Waals surface area contributed by atoms with Crippen LogP contribution in [0.4, 0.5) is 11.4 Å². The molecule has 0 bridgehead atoms. The minimum Gasteiger partial charge on any atom is -0.452 e. The fourth-order valence-corrected chi connectivity index (χ4v) is 2.35. The van der Waals surface area contributed by atoms with Crippen LogP contribution in [0.25, 0.3) is 0 Å². The van der Waals surface area contributed by atoms with Crippen molar-refractivity contribution in [2.24, 2.45) is 0 Å².